The van der Waals surface area contributed by atoms with E-state index in [-0.39, 0.29) is 0 Å². The minimum absolute atomic E-state index is 0.494. The molecule has 0 amide bonds. The van der Waals surface area contributed by atoms with Gasteiger partial charge in [-0.2, -0.15) is 0 Å². The van der Waals surface area contributed by atoms with Crippen LogP contribution in [0.2, 0.25) is 0 Å². The number of aliphatic hydroxyl groups is 1. The second kappa shape index (κ2) is 5.09. The number of rotatable bonds is 4. The number of thiazole rings is 1. The molecule has 0 aliphatic rings. The topological polar surface area (TPSA) is 42.4 Å². The lowest BCUT2D eigenvalue weighted by Crippen LogP contribution is -1.99. The van der Waals surface area contributed by atoms with Gasteiger partial charge in [-0.15, -0.1) is 11.3 Å². The first-order valence-corrected chi connectivity index (χ1v) is 5.92. The maximum absolute atomic E-state index is 9.57. The highest BCUT2D eigenvalue weighted by molar-refractivity contribution is 7.09. The molecule has 1 atom stereocenters. The summed E-state index contributed by atoms with van der Waals surface area (Å²) in [5.41, 5.74) is 2.59. The van der Waals surface area contributed by atoms with Gasteiger partial charge in [0.05, 0.1) is 16.5 Å². The second-order valence-electron chi connectivity index (χ2n) is 3.47. The summed E-state index contributed by atoms with van der Waals surface area (Å²) in [6.45, 7) is 2.23. The van der Waals surface area contributed by atoms with E-state index in [2.05, 4.69) is 4.98 Å². The third kappa shape index (κ3) is 2.59. The van der Waals surface area contributed by atoms with E-state index in [1.54, 1.807) is 30.0 Å². The molecular weight excluding hydrogens is 222 g/mol. The predicted molar refractivity (Wildman–Crippen MR) is 63.5 cm³/mol. The molecule has 1 N–H and O–H groups in total. The lowest BCUT2D eigenvalue weighted by atomic mass is 10.1. The van der Waals surface area contributed by atoms with Gasteiger partial charge < -0.3 is 9.84 Å². The summed E-state index contributed by atoms with van der Waals surface area (Å²) in [4.78, 5) is 5.05. The van der Waals surface area contributed by atoms with E-state index in [0.29, 0.717) is 6.61 Å². The zero-order chi connectivity index (χ0) is 11.4. The van der Waals surface area contributed by atoms with Gasteiger partial charge in [-0.25, -0.2) is 0 Å². The van der Waals surface area contributed by atoms with E-state index >= 15 is 0 Å². The molecule has 84 valence electrons. The third-order valence-corrected chi connectivity index (χ3v) is 2.98. The van der Waals surface area contributed by atoms with Gasteiger partial charge in [-0.05, 0) is 13.0 Å². The Kier molecular flexibility index (Phi) is 3.54. The molecule has 3 nitrogen and oxygen atoms in total. The van der Waals surface area contributed by atoms with Crippen molar-refractivity contribution in [1.29, 1.82) is 0 Å². The van der Waals surface area contributed by atoms with Crippen LogP contribution in [0.4, 0.5) is 0 Å². The van der Waals surface area contributed by atoms with Crippen molar-refractivity contribution in [3.05, 3.63) is 46.4 Å². The van der Waals surface area contributed by atoms with Gasteiger partial charge in [-0.1, -0.05) is 18.2 Å². The van der Waals surface area contributed by atoms with Gasteiger partial charge in [-0.3, -0.25) is 4.98 Å². The average molecular weight is 235 g/mol. The molecule has 0 fully saturated rings. The Morgan fingerprint density at radius 3 is 2.94 bits per heavy atom. The van der Waals surface area contributed by atoms with E-state index in [1.807, 2.05) is 24.3 Å². The molecule has 0 aliphatic heterocycles. The zero-order valence-electron chi connectivity index (χ0n) is 8.96. The normalized spacial score (nSPS) is 12.4. The van der Waals surface area contributed by atoms with Gasteiger partial charge in [0.1, 0.15) is 12.4 Å². The van der Waals surface area contributed by atoms with E-state index < -0.39 is 6.10 Å². The number of para-hydroxylation sites is 1. The first-order valence-electron chi connectivity index (χ1n) is 5.04. The van der Waals surface area contributed by atoms with Crippen LogP contribution < -0.4 is 4.74 Å². The molecule has 0 saturated heterocycles. The smallest absolute Gasteiger partial charge is 0.125 e. The van der Waals surface area contributed by atoms with Crippen molar-refractivity contribution in [3.8, 4) is 5.75 Å². The van der Waals surface area contributed by atoms with Crippen LogP contribution in [-0.4, -0.2) is 10.1 Å². The monoisotopic (exact) mass is 235 g/mol. The average Bonchev–Trinajstić information content (AvgIpc) is 2.79. The lowest BCUT2D eigenvalue weighted by molar-refractivity contribution is 0.190. The number of hydrogen-bond acceptors (Lipinski definition) is 4. The highest BCUT2D eigenvalue weighted by Gasteiger charge is 2.08. The zero-order valence-corrected chi connectivity index (χ0v) is 9.78. The largest absolute Gasteiger partial charge is 0.488 e. The van der Waals surface area contributed by atoms with Crippen molar-refractivity contribution in [1.82, 2.24) is 4.98 Å². The summed E-state index contributed by atoms with van der Waals surface area (Å²) in [5.74, 6) is 0.728. The summed E-state index contributed by atoms with van der Waals surface area (Å²) < 4.78 is 5.65. The first kappa shape index (κ1) is 11.1. The fraction of sp³-hybridized carbons (Fsp3) is 0.250. The summed E-state index contributed by atoms with van der Waals surface area (Å²) in [6, 6.07) is 7.52. The minimum atomic E-state index is -0.516. The molecule has 4 heteroatoms. The quantitative estimate of drug-likeness (QED) is 0.886. The standard InChI is InChI=1S/C12H13NO2S/c1-9(14)11-4-2-3-5-12(11)15-7-10-6-13-8-16-10/h2-6,8-9,14H,7H2,1H3/t9-/m1/s1. The molecule has 16 heavy (non-hydrogen) atoms. The predicted octanol–water partition coefficient (Wildman–Crippen LogP) is 2.78. The van der Waals surface area contributed by atoms with Crippen LogP contribution in [0, 0.1) is 0 Å². The van der Waals surface area contributed by atoms with Crippen LogP contribution >= 0.6 is 11.3 Å². The molecule has 1 heterocycles. The van der Waals surface area contributed by atoms with Crippen LogP contribution in [-0.2, 0) is 6.61 Å². The Bertz CT molecular complexity index is 440. The van der Waals surface area contributed by atoms with E-state index in [4.69, 9.17) is 4.74 Å². The Morgan fingerprint density at radius 1 is 1.44 bits per heavy atom. The molecule has 1 aromatic heterocycles. The van der Waals surface area contributed by atoms with Crippen LogP contribution in [0.1, 0.15) is 23.5 Å². The van der Waals surface area contributed by atoms with Crippen molar-refractivity contribution in [2.75, 3.05) is 0 Å². The summed E-state index contributed by atoms with van der Waals surface area (Å²) in [7, 11) is 0. The summed E-state index contributed by atoms with van der Waals surface area (Å²) in [5, 5.41) is 9.57. The number of hydrogen-bond donors (Lipinski definition) is 1. The molecule has 0 saturated carbocycles. The fourth-order valence-corrected chi connectivity index (χ4v) is 1.93. The number of ether oxygens (including phenoxy) is 1. The molecule has 0 unspecified atom stereocenters. The number of benzene rings is 1. The van der Waals surface area contributed by atoms with Gasteiger partial charge in [0.25, 0.3) is 0 Å². The second-order valence-corrected chi connectivity index (χ2v) is 4.44. The molecule has 0 bridgehead atoms. The molecule has 0 aliphatic carbocycles. The number of nitrogens with zero attached hydrogens (tertiary/aromatic N) is 1. The fourth-order valence-electron chi connectivity index (χ4n) is 1.42. The Morgan fingerprint density at radius 2 is 2.25 bits per heavy atom. The van der Waals surface area contributed by atoms with Crippen molar-refractivity contribution in [2.24, 2.45) is 0 Å². The third-order valence-electron chi connectivity index (χ3n) is 2.22. The number of aromatic nitrogens is 1. The maximum Gasteiger partial charge on any atom is 0.125 e. The minimum Gasteiger partial charge on any atom is -0.488 e. The Labute approximate surface area is 98.4 Å². The van der Waals surface area contributed by atoms with Crippen LogP contribution in [0.25, 0.3) is 0 Å². The van der Waals surface area contributed by atoms with Crippen LogP contribution in [0.5, 0.6) is 5.75 Å². The van der Waals surface area contributed by atoms with Crippen molar-refractivity contribution >= 4 is 11.3 Å². The lowest BCUT2D eigenvalue weighted by Gasteiger charge is -2.12. The van der Waals surface area contributed by atoms with Gasteiger partial charge in [0.15, 0.2) is 0 Å². The van der Waals surface area contributed by atoms with Crippen LogP contribution in [0.15, 0.2) is 36.0 Å². The summed E-state index contributed by atoms with van der Waals surface area (Å²) in [6.07, 6.45) is 1.27. The van der Waals surface area contributed by atoms with E-state index in [0.717, 1.165) is 16.2 Å². The highest BCUT2D eigenvalue weighted by atomic mass is 32.1. The van der Waals surface area contributed by atoms with Crippen molar-refractivity contribution in [3.63, 3.8) is 0 Å². The Balaban J connectivity index is 2.09. The van der Waals surface area contributed by atoms with Gasteiger partial charge >= 0.3 is 0 Å². The molecule has 0 radical (unpaired) electrons. The summed E-state index contributed by atoms with van der Waals surface area (Å²) >= 11 is 1.56. The number of aliphatic hydroxyl groups excluding tert-OH is 1. The molecule has 2 aromatic rings. The van der Waals surface area contributed by atoms with Gasteiger partial charge in [0, 0.05) is 11.8 Å². The SMILES string of the molecule is C[C@@H](O)c1ccccc1OCc1cncs1. The van der Waals surface area contributed by atoms with Crippen molar-refractivity contribution < 1.29 is 9.84 Å². The maximum atomic E-state index is 9.57. The molecule has 1 aromatic carbocycles. The van der Waals surface area contributed by atoms with E-state index in [9.17, 15) is 5.11 Å². The highest BCUT2D eigenvalue weighted by Crippen LogP contribution is 2.25. The van der Waals surface area contributed by atoms with E-state index in [1.165, 1.54) is 0 Å². The molecule has 2 rings (SSSR count). The Hall–Kier alpha value is -1.39. The van der Waals surface area contributed by atoms with Gasteiger partial charge in [0.2, 0.25) is 0 Å². The van der Waals surface area contributed by atoms with Crippen LogP contribution in [0.3, 0.4) is 0 Å². The first-order chi connectivity index (χ1) is 7.77. The van der Waals surface area contributed by atoms with Crippen molar-refractivity contribution in [2.45, 2.75) is 19.6 Å². The molecular formula is C12H13NO2S. The molecule has 0 spiro atoms.